The molecule has 0 aliphatic carbocycles. The predicted molar refractivity (Wildman–Crippen MR) is 82.5 cm³/mol. The van der Waals surface area contributed by atoms with Crippen molar-refractivity contribution in [3.8, 4) is 5.75 Å². The van der Waals surface area contributed by atoms with Gasteiger partial charge in [0.1, 0.15) is 5.75 Å². The van der Waals surface area contributed by atoms with Crippen molar-refractivity contribution in [1.29, 1.82) is 0 Å². The van der Waals surface area contributed by atoms with E-state index in [0.717, 1.165) is 11.3 Å². The van der Waals surface area contributed by atoms with E-state index in [1.807, 2.05) is 6.92 Å². The maximum Gasteiger partial charge on any atom is 0.122 e. The Balaban J connectivity index is 3.05. The summed E-state index contributed by atoms with van der Waals surface area (Å²) in [6.07, 6.45) is -0.163. The monoisotopic (exact) mass is 280 g/mol. The molecule has 0 aliphatic heterocycles. The van der Waals surface area contributed by atoms with Gasteiger partial charge in [0.25, 0.3) is 0 Å². The van der Waals surface area contributed by atoms with Gasteiger partial charge in [0.15, 0.2) is 0 Å². The minimum absolute atomic E-state index is 0.204. The lowest BCUT2D eigenvalue weighted by molar-refractivity contribution is 0.00948. The first-order valence-corrected chi connectivity index (χ1v) is 7.34. The topological polar surface area (TPSA) is 49.7 Å². The summed E-state index contributed by atoms with van der Waals surface area (Å²) in [4.78, 5) is 0. The molecule has 20 heavy (non-hydrogen) atoms. The van der Waals surface area contributed by atoms with Gasteiger partial charge in [-0.15, -0.1) is 0 Å². The highest BCUT2D eigenvalue weighted by Crippen LogP contribution is 2.34. The molecule has 3 heteroatoms. The van der Waals surface area contributed by atoms with Crippen molar-refractivity contribution in [3.63, 3.8) is 0 Å². The number of aliphatic hydroxyl groups excluding tert-OH is 2. The molecule has 1 aromatic rings. The highest BCUT2D eigenvalue weighted by molar-refractivity contribution is 5.49. The first kappa shape index (κ1) is 17.0. The van der Waals surface area contributed by atoms with Crippen LogP contribution in [0.2, 0.25) is 0 Å². The molecule has 114 valence electrons. The summed E-state index contributed by atoms with van der Waals surface area (Å²) in [6, 6.07) is 2.05. The molecule has 0 saturated carbocycles. The molecular weight excluding hydrogens is 252 g/mol. The number of hydrogen-bond acceptors (Lipinski definition) is 3. The summed E-state index contributed by atoms with van der Waals surface area (Å²) in [6.45, 7) is 10.2. The minimum Gasteiger partial charge on any atom is -0.496 e. The van der Waals surface area contributed by atoms with Crippen molar-refractivity contribution in [1.82, 2.24) is 0 Å². The molecular formula is C17H28O3. The van der Waals surface area contributed by atoms with E-state index in [2.05, 4.69) is 33.8 Å². The van der Waals surface area contributed by atoms with Crippen LogP contribution < -0.4 is 4.74 Å². The molecule has 0 saturated heterocycles. The summed E-state index contributed by atoms with van der Waals surface area (Å²) in [5.41, 5.74) is 4.79. The zero-order chi connectivity index (χ0) is 15.4. The summed E-state index contributed by atoms with van der Waals surface area (Å²) in [5.74, 6) is 1.11. The molecule has 0 radical (unpaired) electrons. The predicted octanol–water partition coefficient (Wildman–Crippen LogP) is 3.25. The van der Waals surface area contributed by atoms with Crippen LogP contribution in [0.5, 0.6) is 5.75 Å². The average Bonchev–Trinajstić information content (AvgIpc) is 2.41. The Morgan fingerprint density at radius 1 is 1.10 bits per heavy atom. The van der Waals surface area contributed by atoms with Crippen molar-refractivity contribution < 1.29 is 14.9 Å². The Morgan fingerprint density at radius 3 is 2.20 bits per heavy atom. The van der Waals surface area contributed by atoms with Gasteiger partial charge in [-0.25, -0.2) is 0 Å². The third-order valence-electron chi connectivity index (χ3n) is 4.28. The number of hydrogen-bond donors (Lipinski definition) is 2. The maximum atomic E-state index is 10.0. The number of ether oxygens (including phenoxy) is 1. The van der Waals surface area contributed by atoms with Gasteiger partial charge in [-0.1, -0.05) is 13.8 Å². The van der Waals surface area contributed by atoms with Crippen LogP contribution in [0.15, 0.2) is 6.07 Å². The molecule has 3 nitrogen and oxygen atoms in total. The highest BCUT2D eigenvalue weighted by Gasteiger charge is 2.22. The number of aliphatic hydroxyl groups is 2. The molecule has 0 fully saturated rings. The molecule has 3 atom stereocenters. The Hall–Kier alpha value is -1.06. The number of rotatable bonds is 6. The Morgan fingerprint density at radius 2 is 1.70 bits per heavy atom. The summed E-state index contributed by atoms with van der Waals surface area (Å²) in [5, 5.41) is 19.8. The Labute approximate surface area is 122 Å². The molecule has 3 unspecified atom stereocenters. The van der Waals surface area contributed by atoms with Gasteiger partial charge >= 0.3 is 0 Å². The second-order valence-corrected chi connectivity index (χ2v) is 5.74. The Kier molecular flexibility index (Phi) is 6.03. The normalized spacial score (nSPS) is 15.8. The van der Waals surface area contributed by atoms with Crippen LogP contribution in [0.25, 0.3) is 0 Å². The lowest BCUT2D eigenvalue weighted by Crippen LogP contribution is -2.26. The molecule has 1 aromatic carbocycles. The second kappa shape index (κ2) is 7.09. The van der Waals surface area contributed by atoms with Gasteiger partial charge in [-0.2, -0.15) is 0 Å². The molecule has 0 spiro atoms. The lowest BCUT2D eigenvalue weighted by atomic mass is 9.85. The zero-order valence-corrected chi connectivity index (χ0v) is 13.5. The van der Waals surface area contributed by atoms with E-state index in [0.29, 0.717) is 12.8 Å². The fourth-order valence-corrected chi connectivity index (χ4v) is 2.94. The van der Waals surface area contributed by atoms with E-state index in [9.17, 15) is 10.2 Å². The van der Waals surface area contributed by atoms with Gasteiger partial charge < -0.3 is 14.9 Å². The van der Waals surface area contributed by atoms with Crippen LogP contribution in [-0.2, 0) is 0 Å². The minimum atomic E-state index is -0.670. The van der Waals surface area contributed by atoms with Gasteiger partial charge in [-0.05, 0) is 67.9 Å². The van der Waals surface area contributed by atoms with Crippen molar-refractivity contribution in [2.45, 2.75) is 65.6 Å². The van der Waals surface area contributed by atoms with Gasteiger partial charge in [-0.3, -0.25) is 0 Å². The summed E-state index contributed by atoms with van der Waals surface area (Å²) in [7, 11) is 1.69. The van der Waals surface area contributed by atoms with E-state index >= 15 is 0 Å². The fraction of sp³-hybridized carbons (Fsp3) is 0.647. The van der Waals surface area contributed by atoms with Crippen LogP contribution in [-0.4, -0.2) is 29.5 Å². The summed E-state index contributed by atoms with van der Waals surface area (Å²) < 4.78 is 5.39. The van der Waals surface area contributed by atoms with Crippen molar-refractivity contribution in [2.24, 2.45) is 0 Å². The van der Waals surface area contributed by atoms with E-state index in [1.165, 1.54) is 16.7 Å². The summed E-state index contributed by atoms with van der Waals surface area (Å²) >= 11 is 0. The quantitative estimate of drug-likeness (QED) is 0.841. The van der Waals surface area contributed by atoms with Gasteiger partial charge in [0.2, 0.25) is 0 Å². The van der Waals surface area contributed by atoms with Gasteiger partial charge in [0, 0.05) is 0 Å². The van der Waals surface area contributed by atoms with E-state index < -0.39 is 12.2 Å². The van der Waals surface area contributed by atoms with Gasteiger partial charge in [0.05, 0.1) is 19.3 Å². The molecule has 0 heterocycles. The molecule has 1 rings (SSSR count). The Bertz CT molecular complexity index is 454. The first-order valence-electron chi connectivity index (χ1n) is 7.34. The van der Waals surface area contributed by atoms with Crippen LogP contribution in [0, 0.1) is 20.8 Å². The molecule has 0 bridgehead atoms. The number of aryl methyl sites for hydroxylation is 1. The van der Waals surface area contributed by atoms with E-state index in [-0.39, 0.29) is 5.92 Å². The number of methoxy groups -OCH3 is 1. The molecule has 0 amide bonds. The zero-order valence-electron chi connectivity index (χ0n) is 13.5. The third-order valence-corrected chi connectivity index (χ3v) is 4.28. The van der Waals surface area contributed by atoms with Crippen molar-refractivity contribution in [2.75, 3.05) is 7.11 Å². The standard InChI is InChI=1S/C17H28O3/c1-7-14(18)15(19)8-10(2)17-11(3)9-16(20-6)12(4)13(17)5/h9-10,14-15,18-19H,7-8H2,1-6H3. The van der Waals surface area contributed by atoms with Crippen molar-refractivity contribution in [3.05, 3.63) is 28.3 Å². The van der Waals surface area contributed by atoms with Crippen LogP contribution in [0.3, 0.4) is 0 Å². The molecule has 0 aromatic heterocycles. The smallest absolute Gasteiger partial charge is 0.122 e. The van der Waals surface area contributed by atoms with Crippen LogP contribution >= 0.6 is 0 Å². The maximum absolute atomic E-state index is 10.0. The largest absolute Gasteiger partial charge is 0.496 e. The van der Waals surface area contributed by atoms with E-state index in [1.54, 1.807) is 7.11 Å². The lowest BCUT2D eigenvalue weighted by Gasteiger charge is -2.24. The fourth-order valence-electron chi connectivity index (χ4n) is 2.94. The average molecular weight is 280 g/mol. The van der Waals surface area contributed by atoms with Crippen LogP contribution in [0.1, 0.15) is 54.9 Å². The van der Waals surface area contributed by atoms with Crippen molar-refractivity contribution >= 4 is 0 Å². The van der Waals surface area contributed by atoms with Crippen LogP contribution in [0.4, 0.5) is 0 Å². The first-order chi connectivity index (χ1) is 9.33. The van der Waals surface area contributed by atoms with E-state index in [4.69, 9.17) is 4.74 Å². The third kappa shape index (κ3) is 3.53. The molecule has 2 N–H and O–H groups in total. The number of benzene rings is 1. The highest BCUT2D eigenvalue weighted by atomic mass is 16.5. The second-order valence-electron chi connectivity index (χ2n) is 5.74. The SMILES string of the molecule is CCC(O)C(O)CC(C)c1c(C)cc(OC)c(C)c1C. The molecule has 0 aliphatic rings.